The molecule has 0 bridgehead atoms. The molecule has 0 unspecified atom stereocenters. The van der Waals surface area contributed by atoms with E-state index in [9.17, 15) is 33.6 Å². The normalized spacial score (nSPS) is 14.9. The highest BCUT2D eigenvalue weighted by atomic mass is 16.4. The number of carboxylic acids is 1. The zero-order valence-electron chi connectivity index (χ0n) is 33.2. The lowest BCUT2D eigenvalue weighted by Crippen LogP contribution is -2.46. The summed E-state index contributed by atoms with van der Waals surface area (Å²) in [4.78, 5) is 87.0. The molecule has 0 fully saturated rings. The lowest BCUT2D eigenvalue weighted by Gasteiger charge is -2.24. The molecule has 15 heteroatoms. The molecule has 52 heavy (non-hydrogen) atoms. The summed E-state index contributed by atoms with van der Waals surface area (Å²) in [6.07, 6.45) is 1.10. The quantitative estimate of drug-likeness (QED) is 0.0648. The van der Waals surface area contributed by atoms with Crippen LogP contribution in [0.5, 0.6) is 0 Å². The van der Waals surface area contributed by atoms with Crippen LogP contribution < -0.4 is 37.6 Å². The summed E-state index contributed by atoms with van der Waals surface area (Å²) in [5.41, 5.74) is 5.97. The predicted octanol–water partition coefficient (Wildman–Crippen LogP) is 2.11. The minimum absolute atomic E-state index is 0.0128. The van der Waals surface area contributed by atoms with Gasteiger partial charge in [0.15, 0.2) is 0 Å². The van der Waals surface area contributed by atoms with Gasteiger partial charge in [-0.15, -0.1) is 0 Å². The standard InChI is InChI=1S/C37H69N7O8/c1-21(2)13-27(42-33(47)15-25(9)40-35(49)19-29(38)23(5)6)17-32(46)39-12-11-31(45)44-30(24(7)8)20-36(50)41-26(10)16-34(48)43-28(14-22(3)4)18-37(51)52/h21-30H,11-20,38H2,1-10H3,(H,39,46)(H,40,49)(H,41,50)(H,42,47)(H,43,48)(H,44,45)(H,51,52)/t25-,26-,27-,28-,29+,30+/m0/s1. The van der Waals surface area contributed by atoms with Crippen LogP contribution in [0.25, 0.3) is 0 Å². The van der Waals surface area contributed by atoms with E-state index < -0.39 is 36.2 Å². The maximum absolute atomic E-state index is 12.8. The fourth-order valence-corrected chi connectivity index (χ4v) is 5.63. The number of amides is 6. The topological polar surface area (TPSA) is 238 Å². The van der Waals surface area contributed by atoms with Crippen molar-refractivity contribution in [3.63, 3.8) is 0 Å². The zero-order valence-corrected chi connectivity index (χ0v) is 33.2. The van der Waals surface area contributed by atoms with Crippen molar-refractivity contribution >= 4 is 41.4 Å². The Morgan fingerprint density at radius 3 is 1.37 bits per heavy atom. The highest BCUT2D eigenvalue weighted by Crippen LogP contribution is 2.11. The van der Waals surface area contributed by atoms with Gasteiger partial charge in [0.1, 0.15) is 0 Å². The second-order valence-electron chi connectivity index (χ2n) is 15.8. The van der Waals surface area contributed by atoms with Gasteiger partial charge in [-0.2, -0.15) is 0 Å². The molecular formula is C37H69N7O8. The van der Waals surface area contributed by atoms with E-state index >= 15 is 0 Å². The molecule has 0 aliphatic rings. The molecule has 15 nitrogen and oxygen atoms in total. The molecule has 0 spiro atoms. The third-order valence-corrected chi connectivity index (χ3v) is 8.40. The fourth-order valence-electron chi connectivity index (χ4n) is 5.63. The van der Waals surface area contributed by atoms with Crippen molar-refractivity contribution in [2.45, 2.75) is 163 Å². The average Bonchev–Trinajstić information content (AvgIpc) is 2.94. The van der Waals surface area contributed by atoms with E-state index in [0.717, 1.165) is 0 Å². The number of carbonyl (C=O) groups is 7. The van der Waals surface area contributed by atoms with E-state index in [1.54, 1.807) is 13.8 Å². The highest BCUT2D eigenvalue weighted by Gasteiger charge is 2.24. The number of aliphatic carboxylic acids is 1. The molecule has 0 saturated heterocycles. The van der Waals surface area contributed by atoms with Gasteiger partial charge in [0.2, 0.25) is 35.4 Å². The molecule has 0 aromatic heterocycles. The molecule has 6 amide bonds. The Bertz CT molecular complexity index is 1160. The van der Waals surface area contributed by atoms with Crippen LogP contribution in [0.2, 0.25) is 0 Å². The molecule has 9 N–H and O–H groups in total. The first kappa shape index (κ1) is 48.2. The number of nitrogens with one attached hydrogen (secondary N) is 6. The number of carbonyl (C=O) groups excluding carboxylic acids is 6. The van der Waals surface area contributed by atoms with Crippen molar-refractivity contribution in [3.8, 4) is 0 Å². The van der Waals surface area contributed by atoms with Crippen LogP contribution in [0.4, 0.5) is 0 Å². The van der Waals surface area contributed by atoms with Crippen molar-refractivity contribution in [2.24, 2.45) is 29.4 Å². The minimum atomic E-state index is -0.998. The Kier molecular flexibility index (Phi) is 23.4. The lowest BCUT2D eigenvalue weighted by molar-refractivity contribution is -0.138. The van der Waals surface area contributed by atoms with Gasteiger partial charge in [-0.1, -0.05) is 55.4 Å². The molecule has 300 valence electrons. The Morgan fingerprint density at radius 1 is 0.500 bits per heavy atom. The number of hydrogen-bond acceptors (Lipinski definition) is 8. The molecule has 0 heterocycles. The largest absolute Gasteiger partial charge is 0.481 e. The van der Waals surface area contributed by atoms with E-state index in [2.05, 4.69) is 31.9 Å². The first-order valence-electron chi connectivity index (χ1n) is 18.8. The summed E-state index contributed by atoms with van der Waals surface area (Å²) in [7, 11) is 0. The summed E-state index contributed by atoms with van der Waals surface area (Å²) in [6, 6.07) is -2.60. The van der Waals surface area contributed by atoms with Crippen LogP contribution >= 0.6 is 0 Å². The van der Waals surface area contributed by atoms with E-state index in [1.807, 2.05) is 55.4 Å². The van der Waals surface area contributed by atoms with Crippen molar-refractivity contribution in [1.29, 1.82) is 0 Å². The first-order valence-corrected chi connectivity index (χ1v) is 18.8. The van der Waals surface area contributed by atoms with Crippen LogP contribution in [0.1, 0.15) is 127 Å². The third-order valence-electron chi connectivity index (χ3n) is 8.40. The molecule has 0 aromatic carbocycles. The lowest BCUT2D eigenvalue weighted by atomic mass is 9.99. The van der Waals surface area contributed by atoms with Gasteiger partial charge >= 0.3 is 5.97 Å². The first-order chi connectivity index (χ1) is 24.1. The molecule has 0 aliphatic heterocycles. The molecule has 0 rings (SSSR count). The summed E-state index contributed by atoms with van der Waals surface area (Å²) in [5.74, 6) is -2.38. The van der Waals surface area contributed by atoms with E-state index in [-0.39, 0.29) is 117 Å². The molecule has 0 aromatic rings. The van der Waals surface area contributed by atoms with E-state index in [1.165, 1.54) is 0 Å². The maximum atomic E-state index is 12.8. The van der Waals surface area contributed by atoms with Gasteiger partial charge < -0.3 is 42.7 Å². The molecule has 0 saturated carbocycles. The van der Waals surface area contributed by atoms with Crippen LogP contribution in [0, 0.1) is 23.7 Å². The second kappa shape index (κ2) is 25.3. The van der Waals surface area contributed by atoms with Gasteiger partial charge in [-0.3, -0.25) is 33.6 Å². The van der Waals surface area contributed by atoms with E-state index in [0.29, 0.717) is 12.8 Å². The molecule has 0 aliphatic carbocycles. The monoisotopic (exact) mass is 740 g/mol. The van der Waals surface area contributed by atoms with Gasteiger partial charge in [0.25, 0.3) is 0 Å². The van der Waals surface area contributed by atoms with E-state index in [4.69, 9.17) is 10.8 Å². The van der Waals surface area contributed by atoms with Crippen molar-refractivity contribution in [2.75, 3.05) is 6.54 Å². The van der Waals surface area contributed by atoms with Crippen LogP contribution in [-0.4, -0.2) is 89.3 Å². The maximum Gasteiger partial charge on any atom is 0.305 e. The fraction of sp³-hybridized carbons (Fsp3) is 0.811. The summed E-state index contributed by atoms with van der Waals surface area (Å²) < 4.78 is 0. The molecule has 6 atom stereocenters. The smallest absolute Gasteiger partial charge is 0.305 e. The van der Waals surface area contributed by atoms with Crippen molar-refractivity contribution < 1.29 is 38.7 Å². The average molecular weight is 740 g/mol. The van der Waals surface area contributed by atoms with Gasteiger partial charge in [-0.25, -0.2) is 0 Å². The molecular weight excluding hydrogens is 670 g/mol. The minimum Gasteiger partial charge on any atom is -0.481 e. The Balaban J connectivity index is 4.84. The SMILES string of the molecule is CC(C)C[C@@H](CC(=O)O)NC(=O)C[C@H](C)NC(=O)C[C@@H](NC(=O)CCNC(=O)C[C@H](CC(C)C)NC(=O)C[C@H](C)NC(=O)C[C@@H](N)C(C)C)C(C)C. The predicted molar refractivity (Wildman–Crippen MR) is 201 cm³/mol. The Labute approximate surface area is 310 Å². The second-order valence-corrected chi connectivity index (χ2v) is 15.8. The summed E-state index contributed by atoms with van der Waals surface area (Å²) in [5, 5.41) is 26.0. The van der Waals surface area contributed by atoms with Crippen molar-refractivity contribution in [1.82, 2.24) is 31.9 Å². The number of hydrogen-bond donors (Lipinski definition) is 8. The highest BCUT2D eigenvalue weighted by molar-refractivity contribution is 5.83. The third kappa shape index (κ3) is 24.4. The van der Waals surface area contributed by atoms with Crippen LogP contribution in [0.15, 0.2) is 0 Å². The Hall–Kier alpha value is -3.75. The summed E-state index contributed by atoms with van der Waals surface area (Å²) >= 11 is 0. The van der Waals surface area contributed by atoms with Gasteiger partial charge in [-0.05, 0) is 50.4 Å². The number of rotatable bonds is 26. The van der Waals surface area contributed by atoms with Crippen LogP contribution in [0.3, 0.4) is 0 Å². The summed E-state index contributed by atoms with van der Waals surface area (Å²) in [6.45, 7) is 19.0. The number of carboxylic acid groups (broad SMARTS) is 1. The number of nitrogens with two attached hydrogens (primary N) is 1. The molecule has 0 radical (unpaired) electrons. The van der Waals surface area contributed by atoms with Crippen LogP contribution in [-0.2, 0) is 33.6 Å². The van der Waals surface area contributed by atoms with Crippen molar-refractivity contribution in [3.05, 3.63) is 0 Å². The van der Waals surface area contributed by atoms with Gasteiger partial charge in [0, 0.05) is 81.3 Å². The zero-order chi connectivity index (χ0) is 40.1. The Morgan fingerprint density at radius 2 is 0.942 bits per heavy atom. The van der Waals surface area contributed by atoms with Gasteiger partial charge in [0.05, 0.1) is 6.42 Å².